The van der Waals surface area contributed by atoms with Crippen LogP contribution in [-0.2, 0) is 47.9 Å². The van der Waals surface area contributed by atoms with E-state index in [9.17, 15) is 14.4 Å². The molecule has 3 aromatic carbocycles. The van der Waals surface area contributed by atoms with E-state index in [1.54, 1.807) is 0 Å². The Hall–Kier alpha value is -7.29. The average Bonchev–Trinajstić information content (AvgIpc) is 1.07. The number of esters is 3. The molecule has 0 unspecified atom stereocenters. The lowest BCUT2D eigenvalue weighted by atomic mass is 9.75. The molecule has 3 heterocycles. The van der Waals surface area contributed by atoms with Gasteiger partial charge in [-0.1, -0.05) is 194 Å². The third-order valence-corrected chi connectivity index (χ3v) is 19.8. The van der Waals surface area contributed by atoms with Gasteiger partial charge in [0.25, 0.3) is 0 Å². The van der Waals surface area contributed by atoms with Gasteiger partial charge in [-0.3, -0.25) is 14.4 Å². The first-order chi connectivity index (χ1) is 50.3. The van der Waals surface area contributed by atoms with Gasteiger partial charge in [-0.15, -0.1) is 0 Å². The monoisotopic (exact) mass is 1400 g/mol. The summed E-state index contributed by atoms with van der Waals surface area (Å²) in [5, 5.41) is 0. The van der Waals surface area contributed by atoms with Crippen molar-refractivity contribution in [3.63, 3.8) is 0 Å². The SMILES string of the molecule is CCCCCCCCc1cnc(-c2ccc(OCCCCCCCCOC(=O)C3CC(C(=O)OCCCCCCCCOc4ccc(-c5ncc(CCCCCCCC)cn5)cc4)CC(C(=O)OCCCCCCCCOc4ccc(-c5ncc(CCCCCCCC)cn5)cc4)C3)cc2)nc1. The van der Waals surface area contributed by atoms with E-state index < -0.39 is 17.8 Å². The number of hydrogen-bond donors (Lipinski definition) is 0. The van der Waals surface area contributed by atoms with E-state index in [0.29, 0.717) is 58.9 Å². The number of carbonyl (C=O) groups excluding carboxylic acids is 3. The van der Waals surface area contributed by atoms with Crippen molar-refractivity contribution in [2.24, 2.45) is 17.8 Å². The van der Waals surface area contributed by atoms with E-state index in [0.717, 1.165) is 186 Å². The predicted molar refractivity (Wildman–Crippen MR) is 410 cm³/mol. The van der Waals surface area contributed by atoms with Crippen LogP contribution in [-0.4, -0.2) is 87.5 Å². The molecule has 1 fully saturated rings. The highest BCUT2D eigenvalue weighted by Gasteiger charge is 2.41. The maximum atomic E-state index is 13.7. The summed E-state index contributed by atoms with van der Waals surface area (Å²) in [5.41, 5.74) is 6.52. The van der Waals surface area contributed by atoms with Gasteiger partial charge in [0.2, 0.25) is 0 Å². The first-order valence-corrected chi connectivity index (χ1v) is 40.4. The number of carbonyl (C=O) groups is 3. The number of aromatic nitrogens is 6. The van der Waals surface area contributed by atoms with Crippen LogP contribution in [0, 0.1) is 17.8 Å². The zero-order chi connectivity index (χ0) is 71.5. The van der Waals surface area contributed by atoms with Crippen LogP contribution in [0.1, 0.15) is 288 Å². The van der Waals surface area contributed by atoms with Crippen LogP contribution in [0.2, 0.25) is 0 Å². The first-order valence-electron chi connectivity index (χ1n) is 40.4. The van der Waals surface area contributed by atoms with Crippen LogP contribution in [0.15, 0.2) is 110 Å². The quantitative estimate of drug-likeness (QED) is 0.0199. The summed E-state index contributed by atoms with van der Waals surface area (Å²) in [6.07, 6.45) is 56.2. The molecule has 1 saturated carbocycles. The third-order valence-electron chi connectivity index (χ3n) is 19.8. The fraction of sp³-hybridized carbons (Fsp3) is 0.621. The van der Waals surface area contributed by atoms with E-state index in [2.05, 4.69) is 50.7 Å². The Labute approximate surface area is 613 Å². The molecular weight excluding hydrogens is 1270 g/mol. The van der Waals surface area contributed by atoms with Crippen molar-refractivity contribution in [3.8, 4) is 51.4 Å². The van der Waals surface area contributed by atoms with Crippen molar-refractivity contribution in [1.82, 2.24) is 29.9 Å². The van der Waals surface area contributed by atoms with Gasteiger partial charge in [-0.25, -0.2) is 29.9 Å². The van der Waals surface area contributed by atoms with Crippen LogP contribution in [0.25, 0.3) is 34.2 Å². The molecule has 0 bridgehead atoms. The topological polar surface area (TPSA) is 184 Å². The Bertz CT molecular complexity index is 2790. The van der Waals surface area contributed by atoms with Crippen LogP contribution in [0.4, 0.5) is 0 Å². The van der Waals surface area contributed by atoms with Gasteiger partial charge in [0, 0.05) is 53.9 Å². The minimum atomic E-state index is -0.579. The van der Waals surface area contributed by atoms with Gasteiger partial charge in [0.1, 0.15) is 17.2 Å². The third kappa shape index (κ3) is 33.9. The maximum absolute atomic E-state index is 13.7. The summed E-state index contributed by atoms with van der Waals surface area (Å²) >= 11 is 0. The second kappa shape index (κ2) is 51.8. The first kappa shape index (κ1) is 82.0. The number of hydrogen-bond acceptors (Lipinski definition) is 15. The Kier molecular flexibility index (Phi) is 41.6. The molecule has 6 aromatic rings. The molecule has 1 aliphatic carbocycles. The molecule has 0 amide bonds. The van der Waals surface area contributed by atoms with Crippen LogP contribution >= 0.6 is 0 Å². The molecule has 0 atom stereocenters. The van der Waals surface area contributed by atoms with Gasteiger partial charge in [0.05, 0.1) is 57.4 Å². The Morgan fingerprint density at radius 2 is 0.480 bits per heavy atom. The fourth-order valence-electron chi connectivity index (χ4n) is 13.4. The molecule has 0 saturated heterocycles. The zero-order valence-corrected chi connectivity index (χ0v) is 62.9. The zero-order valence-electron chi connectivity index (χ0n) is 62.9. The average molecular weight is 1400 g/mol. The molecule has 558 valence electrons. The normalized spacial score (nSPS) is 14.3. The molecule has 0 aliphatic heterocycles. The van der Waals surface area contributed by atoms with Gasteiger partial charge in [-0.05, 0) is 186 Å². The number of rotatable bonds is 57. The molecule has 102 heavy (non-hydrogen) atoms. The van der Waals surface area contributed by atoms with Crippen LogP contribution in [0.3, 0.4) is 0 Å². The molecule has 7 rings (SSSR count). The summed E-state index contributed by atoms with van der Waals surface area (Å²) in [4.78, 5) is 68.9. The number of benzene rings is 3. The van der Waals surface area contributed by atoms with Crippen molar-refractivity contribution in [2.45, 2.75) is 290 Å². The minimum Gasteiger partial charge on any atom is -0.494 e. The van der Waals surface area contributed by atoms with E-state index >= 15 is 0 Å². The molecule has 0 radical (unpaired) electrons. The molecule has 1 aliphatic rings. The molecule has 15 heteroatoms. The van der Waals surface area contributed by atoms with Crippen molar-refractivity contribution in [3.05, 3.63) is 127 Å². The van der Waals surface area contributed by atoms with E-state index in [1.807, 2.05) is 110 Å². The van der Waals surface area contributed by atoms with Gasteiger partial charge in [-0.2, -0.15) is 0 Å². The maximum Gasteiger partial charge on any atom is 0.308 e. The van der Waals surface area contributed by atoms with Crippen molar-refractivity contribution >= 4 is 17.9 Å². The summed E-state index contributed by atoms with van der Waals surface area (Å²) < 4.78 is 35.7. The largest absolute Gasteiger partial charge is 0.494 e. The minimum absolute atomic E-state index is 0.310. The van der Waals surface area contributed by atoms with E-state index in [4.69, 9.17) is 28.4 Å². The van der Waals surface area contributed by atoms with Crippen LogP contribution in [0.5, 0.6) is 17.2 Å². The van der Waals surface area contributed by atoms with Crippen molar-refractivity contribution in [2.75, 3.05) is 39.6 Å². The van der Waals surface area contributed by atoms with E-state index in [-0.39, 0.29) is 17.9 Å². The highest BCUT2D eigenvalue weighted by Crippen LogP contribution is 2.36. The summed E-state index contributed by atoms with van der Waals surface area (Å²) in [5.74, 6) is 1.95. The van der Waals surface area contributed by atoms with E-state index in [1.165, 1.54) is 132 Å². The lowest BCUT2D eigenvalue weighted by molar-refractivity contribution is -0.161. The van der Waals surface area contributed by atoms with Gasteiger partial charge < -0.3 is 28.4 Å². The molecule has 3 aromatic heterocycles. The predicted octanol–water partition coefficient (Wildman–Crippen LogP) is 22.0. The lowest BCUT2D eigenvalue weighted by Gasteiger charge is -2.31. The number of aryl methyl sites for hydroxylation is 3. The number of unbranched alkanes of at least 4 members (excludes halogenated alkanes) is 30. The molecule has 0 N–H and O–H groups in total. The summed E-state index contributed by atoms with van der Waals surface area (Å²) in [6, 6.07) is 24.1. The lowest BCUT2D eigenvalue weighted by Crippen LogP contribution is -2.37. The fourth-order valence-corrected chi connectivity index (χ4v) is 13.4. The number of nitrogens with zero attached hydrogens (tertiary/aromatic N) is 6. The smallest absolute Gasteiger partial charge is 0.308 e. The second-order valence-electron chi connectivity index (χ2n) is 28.6. The molecule has 15 nitrogen and oxygen atoms in total. The summed E-state index contributed by atoms with van der Waals surface area (Å²) in [6.45, 7) is 9.63. The Balaban J connectivity index is 0.746. The number of ether oxygens (including phenoxy) is 6. The van der Waals surface area contributed by atoms with Gasteiger partial charge >= 0.3 is 17.9 Å². The summed E-state index contributed by atoms with van der Waals surface area (Å²) in [7, 11) is 0. The Morgan fingerprint density at radius 1 is 0.275 bits per heavy atom. The van der Waals surface area contributed by atoms with Crippen LogP contribution < -0.4 is 14.2 Å². The second-order valence-corrected chi connectivity index (χ2v) is 28.6. The van der Waals surface area contributed by atoms with Crippen molar-refractivity contribution < 1.29 is 42.8 Å². The Morgan fingerprint density at radius 3 is 0.716 bits per heavy atom. The highest BCUT2D eigenvalue weighted by atomic mass is 16.5. The van der Waals surface area contributed by atoms with Crippen molar-refractivity contribution in [1.29, 1.82) is 0 Å². The molecular formula is C87H126N6O9. The standard InChI is InChI=1S/C87H126N6O9/c1-4-7-10-13-22-31-40-70-64-88-82(89-65-70)73-43-49-79(50-44-73)97-55-34-25-16-19-28-37-58-100-85(94)76-61-77(86(95)101-59-38-29-20-17-26-35-56-98-80-51-45-74(46-52-80)83-90-66-71(67-91-83)41-32-23-14-11-8-5-2)63-78(62-76)87(96)102-60-39-30-21-18-27-36-57-99-81-53-47-75(48-54-81)84-92-68-72(69-93-84)42-33-24-15-12-9-6-3/h43-54,64-69,76-78H,4-42,55-63H2,1-3H3. The van der Waals surface area contributed by atoms with Gasteiger partial charge in [0.15, 0.2) is 17.5 Å². The highest BCUT2D eigenvalue weighted by molar-refractivity contribution is 5.80. The molecule has 0 spiro atoms.